The van der Waals surface area contributed by atoms with Gasteiger partial charge in [-0.2, -0.15) is 0 Å². The van der Waals surface area contributed by atoms with Gasteiger partial charge >= 0.3 is 5.97 Å². The Morgan fingerprint density at radius 1 is 1.08 bits per heavy atom. The minimum atomic E-state index is -1.02. The van der Waals surface area contributed by atoms with E-state index in [2.05, 4.69) is 0 Å². The van der Waals surface area contributed by atoms with Crippen molar-refractivity contribution in [3.05, 3.63) is 58.6 Å². The molecule has 0 bridgehead atoms. The Hall–Kier alpha value is -2.20. The summed E-state index contributed by atoms with van der Waals surface area (Å²) in [6, 6.07) is 12.8. The Balaban J connectivity index is 0.00000100. The van der Waals surface area contributed by atoms with E-state index >= 15 is 0 Å². The van der Waals surface area contributed by atoms with E-state index in [1.165, 1.54) is 0 Å². The van der Waals surface area contributed by atoms with Crippen LogP contribution in [-0.4, -0.2) is 11.8 Å². The van der Waals surface area contributed by atoms with E-state index in [0.717, 1.165) is 5.56 Å². The summed E-state index contributed by atoms with van der Waals surface area (Å²) in [5, 5.41) is 0.437. The number of hydrogen-bond acceptors (Lipinski definition) is 4. The minimum absolute atomic E-state index is 0.264. The quantitative estimate of drug-likeness (QED) is 0.712. The van der Waals surface area contributed by atoms with Gasteiger partial charge in [-0.05, 0) is 11.6 Å². The Morgan fingerprint density at radius 2 is 1.75 bits per heavy atom. The maximum Gasteiger partial charge on any atom is 0.349 e. The lowest BCUT2D eigenvalue weighted by Crippen LogP contribution is -2.39. The molecular formula is C19H21ClO4. The predicted octanol–water partition coefficient (Wildman–Crippen LogP) is 5.23. The number of rotatable bonds is 3. The van der Waals surface area contributed by atoms with Gasteiger partial charge in [0.05, 0.1) is 0 Å². The summed E-state index contributed by atoms with van der Waals surface area (Å²) >= 11 is 6.09. The van der Waals surface area contributed by atoms with Crippen molar-refractivity contribution in [2.24, 2.45) is 0 Å². The molecule has 2 aromatic carbocycles. The molecule has 128 valence electrons. The van der Waals surface area contributed by atoms with E-state index in [9.17, 15) is 4.79 Å². The zero-order chi connectivity index (χ0) is 17.7. The number of halogens is 1. The van der Waals surface area contributed by atoms with Gasteiger partial charge in [-0.1, -0.05) is 55.8 Å². The lowest BCUT2D eigenvalue weighted by molar-refractivity contribution is -0.127. The zero-order valence-corrected chi connectivity index (χ0v) is 15.0. The smallest absolute Gasteiger partial charge is 0.349 e. The molecule has 0 aromatic heterocycles. The highest BCUT2D eigenvalue weighted by molar-refractivity contribution is 6.31. The number of benzene rings is 2. The standard InChI is InChI=1S/C17H15ClO4.C2H6/c1-17(2)21-14-9-12(18)8-13(15(14)16(19)22-17)20-10-11-6-4-3-5-7-11;1-2/h3-9H,10H2,1-2H3;1-2H3. The first-order chi connectivity index (χ1) is 11.4. The van der Waals surface area contributed by atoms with Crippen molar-refractivity contribution in [3.8, 4) is 11.5 Å². The molecule has 2 aromatic rings. The van der Waals surface area contributed by atoms with Gasteiger partial charge in [0.2, 0.25) is 5.79 Å². The SMILES string of the molecule is CC.CC1(C)OC(=O)c2c(OCc3ccccc3)cc(Cl)cc2O1. The van der Waals surface area contributed by atoms with E-state index in [0.29, 0.717) is 23.1 Å². The zero-order valence-electron chi connectivity index (χ0n) is 14.3. The van der Waals surface area contributed by atoms with E-state index < -0.39 is 11.8 Å². The molecule has 1 aliphatic heterocycles. The van der Waals surface area contributed by atoms with Crippen LogP contribution in [-0.2, 0) is 11.3 Å². The second-order valence-electron chi connectivity index (χ2n) is 5.44. The van der Waals surface area contributed by atoms with Crippen LogP contribution in [0.2, 0.25) is 5.02 Å². The first-order valence-electron chi connectivity index (χ1n) is 7.87. The molecule has 0 spiro atoms. The molecule has 0 atom stereocenters. The van der Waals surface area contributed by atoms with Gasteiger partial charge in [0.1, 0.15) is 23.7 Å². The summed E-state index contributed by atoms with van der Waals surface area (Å²) in [7, 11) is 0. The average molecular weight is 349 g/mol. The van der Waals surface area contributed by atoms with Gasteiger partial charge in [-0.25, -0.2) is 4.79 Å². The maximum atomic E-state index is 12.2. The summed E-state index contributed by atoms with van der Waals surface area (Å²) in [5.74, 6) is -0.777. The molecule has 0 fully saturated rings. The number of esters is 1. The van der Waals surface area contributed by atoms with Crippen LogP contribution in [0.15, 0.2) is 42.5 Å². The van der Waals surface area contributed by atoms with Crippen molar-refractivity contribution < 1.29 is 19.0 Å². The van der Waals surface area contributed by atoms with Crippen LogP contribution in [0.25, 0.3) is 0 Å². The fourth-order valence-electron chi connectivity index (χ4n) is 2.25. The highest BCUT2D eigenvalue weighted by Crippen LogP contribution is 2.39. The molecule has 4 nitrogen and oxygen atoms in total. The van der Waals surface area contributed by atoms with Gasteiger partial charge in [-0.3, -0.25) is 0 Å². The minimum Gasteiger partial charge on any atom is -0.488 e. The van der Waals surface area contributed by atoms with Crippen molar-refractivity contribution >= 4 is 17.6 Å². The van der Waals surface area contributed by atoms with Crippen LogP contribution in [0.1, 0.15) is 43.6 Å². The normalized spacial score (nSPS) is 14.5. The fourth-order valence-corrected chi connectivity index (χ4v) is 2.45. The average Bonchev–Trinajstić information content (AvgIpc) is 2.53. The van der Waals surface area contributed by atoms with Crippen LogP contribution in [0, 0.1) is 0 Å². The third kappa shape index (κ3) is 4.20. The van der Waals surface area contributed by atoms with Gasteiger partial charge in [0, 0.05) is 24.9 Å². The third-order valence-corrected chi connectivity index (χ3v) is 3.38. The highest BCUT2D eigenvalue weighted by atomic mass is 35.5. The second kappa shape index (κ2) is 7.58. The van der Waals surface area contributed by atoms with Crippen LogP contribution in [0.5, 0.6) is 11.5 Å². The van der Waals surface area contributed by atoms with Crippen molar-refractivity contribution in [2.45, 2.75) is 40.1 Å². The third-order valence-electron chi connectivity index (χ3n) is 3.17. The molecule has 0 radical (unpaired) electrons. The Kier molecular flexibility index (Phi) is 5.73. The molecule has 0 aliphatic carbocycles. The first kappa shape index (κ1) is 18.1. The monoisotopic (exact) mass is 348 g/mol. The van der Waals surface area contributed by atoms with Crippen LogP contribution < -0.4 is 9.47 Å². The molecule has 0 saturated carbocycles. The van der Waals surface area contributed by atoms with Crippen LogP contribution in [0.4, 0.5) is 0 Å². The van der Waals surface area contributed by atoms with Gasteiger partial charge in [-0.15, -0.1) is 0 Å². The van der Waals surface area contributed by atoms with E-state index in [1.54, 1.807) is 26.0 Å². The van der Waals surface area contributed by atoms with Crippen LogP contribution in [0.3, 0.4) is 0 Å². The summed E-state index contributed by atoms with van der Waals surface area (Å²) in [4.78, 5) is 12.2. The maximum absolute atomic E-state index is 12.2. The predicted molar refractivity (Wildman–Crippen MR) is 93.7 cm³/mol. The molecular weight excluding hydrogens is 328 g/mol. The number of ether oxygens (including phenoxy) is 3. The number of carbonyl (C=O) groups is 1. The molecule has 0 saturated heterocycles. The van der Waals surface area contributed by atoms with Crippen LogP contribution >= 0.6 is 11.6 Å². The van der Waals surface area contributed by atoms with E-state index in [-0.39, 0.29) is 5.56 Å². The van der Waals surface area contributed by atoms with Gasteiger partial charge in [0.25, 0.3) is 0 Å². The molecule has 3 rings (SSSR count). The Bertz CT molecular complexity index is 711. The molecule has 5 heteroatoms. The lowest BCUT2D eigenvalue weighted by Gasteiger charge is -2.32. The second-order valence-corrected chi connectivity index (χ2v) is 5.88. The summed E-state index contributed by atoms with van der Waals surface area (Å²) < 4.78 is 16.6. The molecule has 24 heavy (non-hydrogen) atoms. The summed E-state index contributed by atoms with van der Waals surface area (Å²) in [6.45, 7) is 7.66. The molecule has 0 amide bonds. The van der Waals surface area contributed by atoms with E-state index in [1.807, 2.05) is 44.2 Å². The Labute approximate surface area is 147 Å². The summed E-state index contributed by atoms with van der Waals surface area (Å²) in [5.41, 5.74) is 1.25. The highest BCUT2D eigenvalue weighted by Gasteiger charge is 2.36. The molecule has 0 N–H and O–H groups in total. The van der Waals surface area contributed by atoms with Crippen molar-refractivity contribution in [1.82, 2.24) is 0 Å². The van der Waals surface area contributed by atoms with Gasteiger partial charge in [0.15, 0.2) is 0 Å². The van der Waals surface area contributed by atoms with Gasteiger partial charge < -0.3 is 14.2 Å². The number of carbonyl (C=O) groups excluding carboxylic acids is 1. The number of fused-ring (bicyclic) bond motifs is 1. The first-order valence-corrected chi connectivity index (χ1v) is 8.25. The number of cyclic esters (lactones) is 1. The topological polar surface area (TPSA) is 44.8 Å². The molecule has 0 unspecified atom stereocenters. The van der Waals surface area contributed by atoms with E-state index in [4.69, 9.17) is 25.8 Å². The lowest BCUT2D eigenvalue weighted by atomic mass is 10.1. The fraction of sp³-hybridized carbons (Fsp3) is 0.316. The Morgan fingerprint density at radius 3 is 2.42 bits per heavy atom. The van der Waals surface area contributed by atoms with Crippen molar-refractivity contribution in [2.75, 3.05) is 0 Å². The molecule has 1 heterocycles. The van der Waals surface area contributed by atoms with Crippen molar-refractivity contribution in [1.29, 1.82) is 0 Å². The van der Waals surface area contributed by atoms with Crippen molar-refractivity contribution in [3.63, 3.8) is 0 Å². The molecule has 1 aliphatic rings. The number of hydrogen-bond donors (Lipinski definition) is 0. The largest absolute Gasteiger partial charge is 0.488 e. The summed E-state index contributed by atoms with van der Waals surface area (Å²) in [6.07, 6.45) is 0.